The van der Waals surface area contributed by atoms with Crippen molar-refractivity contribution in [3.63, 3.8) is 0 Å². The first-order valence-electron chi connectivity index (χ1n) is 4.47. The molecule has 0 spiro atoms. The first kappa shape index (κ1) is 11.8. The standard InChI is InChI=1S/C9H15N3O2S/c1-15(13,14)12-6-5-7-3-2-4-8(10)9(7)11/h2-4,12H,5-6,10-11H2,1H3. The van der Waals surface area contributed by atoms with E-state index < -0.39 is 10.0 Å². The predicted octanol–water partition coefficient (Wildman–Crippen LogP) is -0.0573. The van der Waals surface area contributed by atoms with Gasteiger partial charge in [0.25, 0.3) is 0 Å². The van der Waals surface area contributed by atoms with Gasteiger partial charge in [0.1, 0.15) is 0 Å². The van der Waals surface area contributed by atoms with Crippen molar-refractivity contribution in [3.05, 3.63) is 23.8 Å². The molecule has 0 aliphatic carbocycles. The van der Waals surface area contributed by atoms with Crippen LogP contribution in [0.15, 0.2) is 18.2 Å². The van der Waals surface area contributed by atoms with Crippen LogP contribution in [0.4, 0.5) is 11.4 Å². The molecular formula is C9H15N3O2S. The van der Waals surface area contributed by atoms with Gasteiger partial charge in [-0.2, -0.15) is 0 Å². The second-order valence-electron chi connectivity index (χ2n) is 3.34. The summed E-state index contributed by atoms with van der Waals surface area (Å²) in [5, 5.41) is 0. The zero-order chi connectivity index (χ0) is 11.5. The van der Waals surface area contributed by atoms with Gasteiger partial charge in [0.05, 0.1) is 17.6 Å². The average Bonchev–Trinajstić information content (AvgIpc) is 2.10. The molecule has 1 aromatic rings. The van der Waals surface area contributed by atoms with Crippen molar-refractivity contribution in [3.8, 4) is 0 Å². The zero-order valence-corrected chi connectivity index (χ0v) is 9.34. The van der Waals surface area contributed by atoms with E-state index in [2.05, 4.69) is 4.72 Å². The fourth-order valence-corrected chi connectivity index (χ4v) is 1.69. The predicted molar refractivity (Wildman–Crippen MR) is 61.8 cm³/mol. The Bertz CT molecular complexity index is 443. The highest BCUT2D eigenvalue weighted by molar-refractivity contribution is 7.88. The minimum atomic E-state index is -3.14. The summed E-state index contributed by atoms with van der Waals surface area (Å²) >= 11 is 0. The summed E-state index contributed by atoms with van der Waals surface area (Å²) in [6, 6.07) is 5.33. The number of hydrogen-bond acceptors (Lipinski definition) is 4. The van der Waals surface area contributed by atoms with Crippen LogP contribution in [-0.2, 0) is 16.4 Å². The van der Waals surface area contributed by atoms with Gasteiger partial charge in [-0.15, -0.1) is 0 Å². The van der Waals surface area contributed by atoms with E-state index in [1.807, 2.05) is 6.07 Å². The summed E-state index contributed by atoms with van der Waals surface area (Å²) in [6.45, 7) is 0.326. The first-order valence-corrected chi connectivity index (χ1v) is 6.37. The van der Waals surface area contributed by atoms with Crippen molar-refractivity contribution >= 4 is 21.4 Å². The molecule has 0 fully saturated rings. The van der Waals surface area contributed by atoms with Gasteiger partial charge in [0.15, 0.2) is 0 Å². The Hall–Kier alpha value is -1.27. The number of nitrogens with two attached hydrogens (primary N) is 2. The molecule has 0 atom stereocenters. The van der Waals surface area contributed by atoms with Crippen LogP contribution in [0.25, 0.3) is 0 Å². The molecule has 1 rings (SSSR count). The number of hydrogen-bond donors (Lipinski definition) is 3. The minimum Gasteiger partial charge on any atom is -0.397 e. The first-order chi connectivity index (χ1) is 6.90. The van der Waals surface area contributed by atoms with Crippen molar-refractivity contribution < 1.29 is 8.42 Å². The highest BCUT2D eigenvalue weighted by atomic mass is 32.2. The van der Waals surface area contributed by atoms with Crippen molar-refractivity contribution in [2.75, 3.05) is 24.3 Å². The molecule has 0 aromatic heterocycles. The number of nitrogens with one attached hydrogen (secondary N) is 1. The van der Waals surface area contributed by atoms with Crippen LogP contribution < -0.4 is 16.2 Å². The van der Waals surface area contributed by atoms with Crippen LogP contribution >= 0.6 is 0 Å². The summed E-state index contributed by atoms with van der Waals surface area (Å²) in [5.41, 5.74) is 13.2. The SMILES string of the molecule is CS(=O)(=O)NCCc1cccc(N)c1N. The third-order valence-electron chi connectivity index (χ3n) is 1.99. The number of rotatable bonds is 4. The zero-order valence-electron chi connectivity index (χ0n) is 8.53. The summed E-state index contributed by atoms with van der Waals surface area (Å²) in [6.07, 6.45) is 1.65. The molecule has 0 heterocycles. The van der Waals surface area contributed by atoms with Crippen LogP contribution in [0.3, 0.4) is 0 Å². The Morgan fingerprint density at radius 3 is 2.60 bits per heavy atom. The van der Waals surface area contributed by atoms with Gasteiger partial charge in [0.2, 0.25) is 10.0 Å². The number of anilines is 2. The van der Waals surface area contributed by atoms with Gasteiger partial charge in [-0.1, -0.05) is 12.1 Å². The number of nitrogen functional groups attached to an aromatic ring is 2. The molecule has 84 valence electrons. The second-order valence-corrected chi connectivity index (χ2v) is 5.17. The van der Waals surface area contributed by atoms with Crippen LogP contribution in [0, 0.1) is 0 Å². The van der Waals surface area contributed by atoms with Gasteiger partial charge in [0, 0.05) is 6.54 Å². The Kier molecular flexibility index (Phi) is 3.54. The maximum atomic E-state index is 10.8. The Balaban J connectivity index is 2.62. The summed E-state index contributed by atoms with van der Waals surface area (Å²) in [7, 11) is -3.14. The van der Waals surface area contributed by atoms with Gasteiger partial charge < -0.3 is 11.5 Å². The molecule has 5 nitrogen and oxygen atoms in total. The smallest absolute Gasteiger partial charge is 0.208 e. The monoisotopic (exact) mass is 229 g/mol. The van der Waals surface area contributed by atoms with Crippen molar-refractivity contribution in [2.24, 2.45) is 0 Å². The van der Waals surface area contributed by atoms with Crippen LogP contribution in [0.1, 0.15) is 5.56 Å². The summed E-state index contributed by atoms with van der Waals surface area (Å²) in [5.74, 6) is 0. The van der Waals surface area contributed by atoms with Gasteiger partial charge in [-0.25, -0.2) is 13.1 Å². The van der Waals surface area contributed by atoms with E-state index in [0.717, 1.165) is 11.8 Å². The lowest BCUT2D eigenvalue weighted by Crippen LogP contribution is -2.24. The molecule has 15 heavy (non-hydrogen) atoms. The van der Waals surface area contributed by atoms with Gasteiger partial charge in [-0.3, -0.25) is 0 Å². The fourth-order valence-electron chi connectivity index (χ4n) is 1.22. The molecule has 5 N–H and O–H groups in total. The Morgan fingerprint density at radius 1 is 1.33 bits per heavy atom. The van der Waals surface area contributed by atoms with Crippen LogP contribution in [-0.4, -0.2) is 21.2 Å². The molecule has 0 aliphatic rings. The van der Waals surface area contributed by atoms with Crippen molar-refractivity contribution in [2.45, 2.75) is 6.42 Å². The lowest BCUT2D eigenvalue weighted by Gasteiger charge is -2.07. The molecule has 0 saturated heterocycles. The number of sulfonamides is 1. The summed E-state index contributed by atoms with van der Waals surface area (Å²) < 4.78 is 24.0. The molecule has 1 aromatic carbocycles. The molecule has 0 aliphatic heterocycles. The highest BCUT2D eigenvalue weighted by Gasteiger charge is 2.04. The van der Waals surface area contributed by atoms with E-state index in [1.165, 1.54) is 0 Å². The summed E-state index contributed by atoms with van der Waals surface area (Å²) in [4.78, 5) is 0. The van der Waals surface area contributed by atoms with E-state index in [4.69, 9.17) is 11.5 Å². The van der Waals surface area contributed by atoms with E-state index in [1.54, 1.807) is 12.1 Å². The van der Waals surface area contributed by atoms with E-state index in [0.29, 0.717) is 24.3 Å². The van der Waals surface area contributed by atoms with E-state index >= 15 is 0 Å². The third-order valence-corrected chi connectivity index (χ3v) is 2.72. The Labute approximate surface area is 89.5 Å². The molecule has 6 heteroatoms. The molecule has 0 bridgehead atoms. The largest absolute Gasteiger partial charge is 0.397 e. The van der Waals surface area contributed by atoms with Crippen LogP contribution in [0.2, 0.25) is 0 Å². The maximum Gasteiger partial charge on any atom is 0.208 e. The quantitative estimate of drug-likeness (QED) is 0.630. The van der Waals surface area contributed by atoms with Crippen molar-refractivity contribution in [1.29, 1.82) is 0 Å². The number of benzene rings is 1. The van der Waals surface area contributed by atoms with E-state index in [9.17, 15) is 8.42 Å². The normalized spacial score (nSPS) is 11.5. The molecule has 0 unspecified atom stereocenters. The average molecular weight is 229 g/mol. The second kappa shape index (κ2) is 4.50. The van der Waals surface area contributed by atoms with Crippen LogP contribution in [0.5, 0.6) is 0 Å². The molecule has 0 amide bonds. The highest BCUT2D eigenvalue weighted by Crippen LogP contribution is 2.19. The fraction of sp³-hybridized carbons (Fsp3) is 0.333. The maximum absolute atomic E-state index is 10.8. The number of para-hydroxylation sites is 1. The van der Waals surface area contributed by atoms with Gasteiger partial charge >= 0.3 is 0 Å². The molecule has 0 radical (unpaired) electrons. The van der Waals surface area contributed by atoms with Gasteiger partial charge in [-0.05, 0) is 18.1 Å². The lowest BCUT2D eigenvalue weighted by molar-refractivity contribution is 0.588. The molecule has 0 saturated carbocycles. The van der Waals surface area contributed by atoms with Crippen molar-refractivity contribution in [1.82, 2.24) is 4.72 Å². The van der Waals surface area contributed by atoms with E-state index in [-0.39, 0.29) is 0 Å². The topological polar surface area (TPSA) is 98.2 Å². The molecular weight excluding hydrogens is 214 g/mol. The third kappa shape index (κ3) is 3.77. The Morgan fingerprint density at radius 2 is 2.00 bits per heavy atom. The minimum absolute atomic E-state index is 0.326. The lowest BCUT2D eigenvalue weighted by atomic mass is 10.1.